The van der Waals surface area contributed by atoms with Crippen molar-refractivity contribution in [3.8, 4) is 5.75 Å². The van der Waals surface area contributed by atoms with Crippen LogP contribution in [-0.4, -0.2) is 41.4 Å². The smallest absolute Gasteiger partial charge is 0.338 e. The molecule has 1 aliphatic carbocycles. The zero-order valence-corrected chi connectivity index (χ0v) is 14.2. The van der Waals surface area contributed by atoms with E-state index in [1.54, 1.807) is 12.1 Å². The maximum absolute atomic E-state index is 12.0. The minimum Gasteiger partial charge on any atom is -0.488 e. The van der Waals surface area contributed by atoms with Crippen molar-refractivity contribution in [1.82, 2.24) is 9.55 Å². The fraction of sp³-hybridized carbons (Fsp3) is 0.529. The summed E-state index contributed by atoms with van der Waals surface area (Å²) in [4.78, 5) is 16.7. The number of hydrogen-bond acceptors (Lipinski definition) is 5. The van der Waals surface area contributed by atoms with Crippen molar-refractivity contribution in [2.75, 3.05) is 13.7 Å². The molecule has 2 aliphatic rings. The van der Waals surface area contributed by atoms with Crippen LogP contribution in [0.3, 0.4) is 0 Å². The van der Waals surface area contributed by atoms with E-state index in [9.17, 15) is 4.79 Å². The molecule has 0 spiro atoms. The Kier molecular flexibility index (Phi) is 4.10. The molecule has 1 aromatic carbocycles. The van der Waals surface area contributed by atoms with Crippen molar-refractivity contribution in [2.24, 2.45) is 0 Å². The normalized spacial score (nSPS) is 20.0. The van der Waals surface area contributed by atoms with Gasteiger partial charge in [0.2, 0.25) is 0 Å². The fourth-order valence-corrected chi connectivity index (χ4v) is 3.07. The van der Waals surface area contributed by atoms with Gasteiger partial charge in [-0.2, -0.15) is 0 Å². The number of ether oxygens (including phenoxy) is 3. The summed E-state index contributed by atoms with van der Waals surface area (Å²) in [7, 11) is 1.37. The second kappa shape index (κ2) is 6.26. The molecule has 2 aromatic rings. The van der Waals surface area contributed by atoms with E-state index in [0.717, 1.165) is 42.7 Å². The summed E-state index contributed by atoms with van der Waals surface area (Å²) >= 11 is 6.09. The van der Waals surface area contributed by atoms with Crippen LogP contribution in [0, 0.1) is 0 Å². The lowest BCUT2D eigenvalue weighted by molar-refractivity contribution is -0.0589. The Balaban J connectivity index is 1.83. The minimum atomic E-state index is -0.391. The average molecular weight is 351 g/mol. The summed E-state index contributed by atoms with van der Waals surface area (Å²) in [6, 6.07) is 3.50. The van der Waals surface area contributed by atoms with E-state index in [-0.39, 0.29) is 18.1 Å². The van der Waals surface area contributed by atoms with Crippen molar-refractivity contribution in [1.29, 1.82) is 0 Å². The van der Waals surface area contributed by atoms with Crippen molar-refractivity contribution in [3.63, 3.8) is 0 Å². The highest BCUT2D eigenvalue weighted by Crippen LogP contribution is 2.34. The molecule has 7 heteroatoms. The second-order valence-corrected chi connectivity index (χ2v) is 6.47. The molecule has 2 fully saturated rings. The first-order valence-electron chi connectivity index (χ1n) is 8.15. The maximum Gasteiger partial charge on any atom is 0.338 e. The van der Waals surface area contributed by atoms with E-state index in [1.807, 2.05) is 4.57 Å². The Labute approximate surface area is 144 Å². The number of hydrogen-bond donors (Lipinski definition) is 0. The van der Waals surface area contributed by atoms with Crippen LogP contribution in [0.15, 0.2) is 12.1 Å². The lowest BCUT2D eigenvalue weighted by atomic mass is 10.1. The number of alkyl halides is 1. The third-order valence-corrected chi connectivity index (χ3v) is 4.68. The van der Waals surface area contributed by atoms with Crippen molar-refractivity contribution in [3.05, 3.63) is 23.5 Å². The Bertz CT molecular complexity index is 780. The van der Waals surface area contributed by atoms with Gasteiger partial charge >= 0.3 is 5.97 Å². The molecule has 1 aliphatic heterocycles. The molecule has 0 bridgehead atoms. The number of aromatic nitrogens is 2. The third-order valence-electron chi connectivity index (χ3n) is 4.44. The van der Waals surface area contributed by atoms with Crippen LogP contribution in [-0.2, 0) is 21.9 Å². The van der Waals surface area contributed by atoms with Gasteiger partial charge in [-0.1, -0.05) is 0 Å². The fourth-order valence-electron chi connectivity index (χ4n) is 2.87. The molecule has 2 heterocycles. The molecule has 1 saturated heterocycles. The standard InChI is InChI=1S/C17H19ClN2O4/c1-22-17(21)10-6-13-16(14(7-10)24-11-2-3-11)19-15(8-18)20(13)9-12-4-5-23-12/h6-7,11-12H,2-5,8-9H2,1H3/t12-/m0/s1. The highest BCUT2D eigenvalue weighted by atomic mass is 35.5. The second-order valence-electron chi connectivity index (χ2n) is 6.20. The number of benzene rings is 1. The molecule has 0 N–H and O–H groups in total. The molecule has 0 amide bonds. The molecule has 128 valence electrons. The Morgan fingerprint density at radius 3 is 2.79 bits per heavy atom. The predicted octanol–water partition coefficient (Wildman–Crippen LogP) is 2.89. The molecule has 0 unspecified atom stereocenters. The van der Waals surface area contributed by atoms with Gasteiger partial charge in [0.15, 0.2) is 0 Å². The number of imidazole rings is 1. The summed E-state index contributed by atoms with van der Waals surface area (Å²) in [6.45, 7) is 1.46. The highest BCUT2D eigenvalue weighted by molar-refractivity contribution is 6.17. The van der Waals surface area contributed by atoms with Crippen molar-refractivity contribution >= 4 is 28.6 Å². The van der Waals surface area contributed by atoms with Gasteiger partial charge in [-0.25, -0.2) is 9.78 Å². The van der Waals surface area contributed by atoms with Crippen LogP contribution >= 0.6 is 11.6 Å². The first-order valence-corrected chi connectivity index (χ1v) is 8.68. The number of methoxy groups -OCH3 is 1. The summed E-state index contributed by atoms with van der Waals surface area (Å²) in [5, 5.41) is 0. The molecule has 1 atom stereocenters. The van der Waals surface area contributed by atoms with Gasteiger partial charge in [0.05, 0.1) is 42.8 Å². The highest BCUT2D eigenvalue weighted by Gasteiger charge is 2.28. The van der Waals surface area contributed by atoms with Gasteiger partial charge in [0.25, 0.3) is 0 Å². The van der Waals surface area contributed by atoms with E-state index in [4.69, 9.17) is 25.8 Å². The molecule has 6 nitrogen and oxygen atoms in total. The minimum absolute atomic E-state index is 0.166. The van der Waals surface area contributed by atoms with Gasteiger partial charge in [0.1, 0.15) is 17.1 Å². The largest absolute Gasteiger partial charge is 0.488 e. The van der Waals surface area contributed by atoms with Gasteiger partial charge in [-0.15, -0.1) is 11.6 Å². The average Bonchev–Trinajstić information content (AvgIpc) is 3.29. The van der Waals surface area contributed by atoms with E-state index in [2.05, 4.69) is 4.98 Å². The van der Waals surface area contributed by atoms with Gasteiger partial charge in [-0.3, -0.25) is 0 Å². The number of esters is 1. The number of carbonyl (C=O) groups is 1. The molecule has 4 rings (SSSR count). The van der Waals surface area contributed by atoms with Gasteiger partial charge in [-0.05, 0) is 31.4 Å². The Morgan fingerprint density at radius 1 is 1.42 bits per heavy atom. The SMILES string of the molecule is COC(=O)c1cc(OC2CC2)c2nc(CCl)n(C[C@@H]3CCO3)c2c1. The van der Waals surface area contributed by atoms with Crippen LogP contribution in [0.4, 0.5) is 0 Å². The Morgan fingerprint density at radius 2 is 2.21 bits per heavy atom. The first kappa shape index (κ1) is 15.7. The monoisotopic (exact) mass is 350 g/mol. The topological polar surface area (TPSA) is 62.6 Å². The van der Waals surface area contributed by atoms with Crippen molar-refractivity contribution in [2.45, 2.75) is 43.9 Å². The summed E-state index contributed by atoms with van der Waals surface area (Å²) in [5.41, 5.74) is 2.03. The molecular formula is C17H19ClN2O4. The maximum atomic E-state index is 12.0. The zero-order valence-electron chi connectivity index (χ0n) is 13.5. The van der Waals surface area contributed by atoms with E-state index in [0.29, 0.717) is 17.9 Å². The van der Waals surface area contributed by atoms with Crippen LogP contribution in [0.1, 0.15) is 35.4 Å². The van der Waals surface area contributed by atoms with Crippen LogP contribution < -0.4 is 4.74 Å². The predicted molar refractivity (Wildman–Crippen MR) is 88.6 cm³/mol. The summed E-state index contributed by atoms with van der Waals surface area (Å²) < 4.78 is 18.4. The van der Waals surface area contributed by atoms with E-state index in [1.165, 1.54) is 7.11 Å². The van der Waals surface area contributed by atoms with E-state index >= 15 is 0 Å². The number of rotatable bonds is 6. The Hall–Kier alpha value is -1.79. The lowest BCUT2D eigenvalue weighted by Gasteiger charge is -2.27. The number of fused-ring (bicyclic) bond motifs is 1. The molecule has 1 saturated carbocycles. The van der Waals surface area contributed by atoms with Crippen LogP contribution in [0.2, 0.25) is 0 Å². The molecule has 1 aromatic heterocycles. The van der Waals surface area contributed by atoms with Crippen LogP contribution in [0.25, 0.3) is 11.0 Å². The number of carbonyl (C=O) groups excluding carboxylic acids is 1. The molecule has 0 radical (unpaired) electrons. The lowest BCUT2D eigenvalue weighted by Crippen LogP contribution is -2.31. The first-order chi connectivity index (χ1) is 11.7. The quantitative estimate of drug-likeness (QED) is 0.592. The molecular weight excluding hydrogens is 332 g/mol. The van der Waals surface area contributed by atoms with Crippen molar-refractivity contribution < 1.29 is 19.0 Å². The third kappa shape index (κ3) is 2.84. The van der Waals surface area contributed by atoms with Gasteiger partial charge in [0, 0.05) is 6.61 Å². The van der Waals surface area contributed by atoms with E-state index < -0.39 is 5.97 Å². The summed E-state index contributed by atoms with van der Waals surface area (Å²) in [6.07, 6.45) is 3.45. The van der Waals surface area contributed by atoms with Gasteiger partial charge < -0.3 is 18.8 Å². The summed E-state index contributed by atoms with van der Waals surface area (Å²) in [5.74, 6) is 1.27. The number of nitrogens with zero attached hydrogens (tertiary/aromatic N) is 2. The van der Waals surface area contributed by atoms with Crippen LogP contribution in [0.5, 0.6) is 5.75 Å². The zero-order chi connectivity index (χ0) is 16.7. The number of halogens is 1. The molecule has 24 heavy (non-hydrogen) atoms.